The molecule has 3 rings (SSSR count). The van der Waals surface area contributed by atoms with Gasteiger partial charge >= 0.3 is 0 Å². The molecular formula is C20H19N3O3S. The average Bonchev–Trinajstić information content (AvgIpc) is 2.72. The smallest absolute Gasteiger partial charge is 0.221 e. The first-order valence-electron chi connectivity index (χ1n) is 8.44. The Labute approximate surface area is 158 Å². The molecule has 1 N–H and O–H groups in total. The minimum atomic E-state index is -3.46. The van der Waals surface area contributed by atoms with Gasteiger partial charge in [-0.2, -0.15) is 0 Å². The zero-order valence-electron chi connectivity index (χ0n) is 14.6. The average molecular weight is 381 g/mol. The summed E-state index contributed by atoms with van der Waals surface area (Å²) < 4.78 is 24.4. The Hall–Kier alpha value is -3.06. The highest BCUT2D eigenvalue weighted by Gasteiger charge is 2.15. The number of nitrogens with zero attached hydrogens (tertiary/aromatic N) is 2. The van der Waals surface area contributed by atoms with Gasteiger partial charge in [0.1, 0.15) is 0 Å². The van der Waals surface area contributed by atoms with Crippen molar-refractivity contribution in [2.24, 2.45) is 0 Å². The van der Waals surface area contributed by atoms with Gasteiger partial charge in [-0.1, -0.05) is 18.2 Å². The van der Waals surface area contributed by atoms with Crippen molar-refractivity contribution in [1.29, 1.82) is 0 Å². The van der Waals surface area contributed by atoms with E-state index < -0.39 is 9.84 Å². The van der Waals surface area contributed by atoms with Gasteiger partial charge in [-0.3, -0.25) is 14.8 Å². The quantitative estimate of drug-likeness (QED) is 0.680. The number of hydrogen-bond acceptors (Lipinski definition) is 5. The molecule has 6 nitrogen and oxygen atoms in total. The maximum Gasteiger partial charge on any atom is 0.221 e. The third kappa shape index (κ3) is 5.21. The van der Waals surface area contributed by atoms with Gasteiger partial charge < -0.3 is 5.32 Å². The summed E-state index contributed by atoms with van der Waals surface area (Å²) >= 11 is 0. The van der Waals surface area contributed by atoms with Gasteiger partial charge in [0.05, 0.1) is 16.3 Å². The maximum absolute atomic E-state index is 12.2. The van der Waals surface area contributed by atoms with Gasteiger partial charge in [0.2, 0.25) is 5.91 Å². The topological polar surface area (TPSA) is 89.0 Å². The monoisotopic (exact) mass is 381 g/mol. The van der Waals surface area contributed by atoms with Crippen LogP contribution in [0.3, 0.4) is 0 Å². The molecule has 3 aromatic rings. The Kier molecular flexibility index (Phi) is 5.93. The van der Waals surface area contributed by atoms with Crippen molar-refractivity contribution in [2.45, 2.75) is 17.9 Å². The molecule has 1 amide bonds. The lowest BCUT2D eigenvalue weighted by Gasteiger charge is -2.08. The molecule has 0 unspecified atom stereocenters. The Morgan fingerprint density at radius 1 is 0.963 bits per heavy atom. The molecule has 138 valence electrons. The van der Waals surface area contributed by atoms with Crippen LogP contribution in [-0.4, -0.2) is 30.0 Å². The lowest BCUT2D eigenvalue weighted by atomic mass is 10.1. The number of carbonyl (C=O) groups excluding carboxylic acids is 1. The van der Waals surface area contributed by atoms with Crippen LogP contribution in [0, 0.1) is 0 Å². The van der Waals surface area contributed by atoms with Crippen LogP contribution in [0.5, 0.6) is 0 Å². The highest BCUT2D eigenvalue weighted by atomic mass is 32.2. The lowest BCUT2D eigenvalue weighted by Crippen LogP contribution is -2.25. The van der Waals surface area contributed by atoms with Crippen LogP contribution in [0.1, 0.15) is 12.0 Å². The van der Waals surface area contributed by atoms with E-state index in [1.165, 1.54) is 12.1 Å². The Bertz CT molecular complexity index is 1010. The van der Waals surface area contributed by atoms with Crippen molar-refractivity contribution in [2.75, 3.05) is 5.75 Å². The lowest BCUT2D eigenvalue weighted by molar-refractivity contribution is -0.120. The molecule has 2 heterocycles. The molecule has 0 bridgehead atoms. The van der Waals surface area contributed by atoms with Crippen LogP contribution < -0.4 is 5.32 Å². The van der Waals surface area contributed by atoms with Crippen molar-refractivity contribution < 1.29 is 13.2 Å². The number of rotatable bonds is 7. The third-order valence-electron chi connectivity index (χ3n) is 3.99. The van der Waals surface area contributed by atoms with Crippen LogP contribution in [-0.2, 0) is 21.2 Å². The summed E-state index contributed by atoms with van der Waals surface area (Å²) in [5, 5.41) is 2.76. The summed E-state index contributed by atoms with van der Waals surface area (Å²) in [5.41, 5.74) is 2.61. The third-order valence-corrected chi connectivity index (χ3v) is 5.72. The van der Waals surface area contributed by atoms with E-state index in [4.69, 9.17) is 0 Å². The second-order valence-corrected chi connectivity index (χ2v) is 8.05. The van der Waals surface area contributed by atoms with E-state index in [0.29, 0.717) is 6.54 Å². The largest absolute Gasteiger partial charge is 0.352 e. The summed E-state index contributed by atoms with van der Waals surface area (Å²) in [5.74, 6) is -0.529. The molecule has 0 radical (unpaired) electrons. The maximum atomic E-state index is 12.2. The van der Waals surface area contributed by atoms with Crippen molar-refractivity contribution in [3.63, 3.8) is 0 Å². The first kappa shape index (κ1) is 18.7. The SMILES string of the molecule is O=C(CCS(=O)(=O)c1ccccc1)NCc1ccnc(-c2ccncc2)c1. The number of sulfone groups is 1. The summed E-state index contributed by atoms with van der Waals surface area (Å²) in [4.78, 5) is 20.6. The van der Waals surface area contributed by atoms with Gasteiger partial charge in [0.15, 0.2) is 9.84 Å². The Morgan fingerprint density at radius 2 is 1.70 bits per heavy atom. The van der Waals surface area contributed by atoms with Crippen molar-refractivity contribution in [3.05, 3.63) is 78.8 Å². The van der Waals surface area contributed by atoms with Crippen LogP contribution >= 0.6 is 0 Å². The number of aromatic nitrogens is 2. The molecule has 1 aromatic carbocycles. The molecule has 0 aliphatic carbocycles. The Morgan fingerprint density at radius 3 is 2.44 bits per heavy atom. The Balaban J connectivity index is 1.55. The second-order valence-electron chi connectivity index (χ2n) is 5.94. The molecular weight excluding hydrogens is 362 g/mol. The molecule has 0 fully saturated rings. The molecule has 2 aromatic heterocycles. The van der Waals surface area contributed by atoms with Gasteiger partial charge in [0.25, 0.3) is 0 Å². The number of nitrogens with one attached hydrogen (secondary N) is 1. The first-order chi connectivity index (χ1) is 13.0. The summed E-state index contributed by atoms with van der Waals surface area (Å²) in [6.07, 6.45) is 4.98. The molecule has 0 saturated carbocycles. The number of pyridine rings is 2. The van der Waals surface area contributed by atoms with Crippen molar-refractivity contribution in [3.8, 4) is 11.3 Å². The first-order valence-corrected chi connectivity index (χ1v) is 10.1. The van der Waals surface area contributed by atoms with E-state index in [1.807, 2.05) is 24.3 Å². The van der Waals surface area contributed by atoms with Crippen LogP contribution in [0.4, 0.5) is 0 Å². The highest BCUT2D eigenvalue weighted by molar-refractivity contribution is 7.91. The fourth-order valence-corrected chi connectivity index (χ4v) is 3.79. The van der Waals surface area contributed by atoms with Crippen LogP contribution in [0.25, 0.3) is 11.3 Å². The number of amides is 1. The second kappa shape index (κ2) is 8.55. The number of hydrogen-bond donors (Lipinski definition) is 1. The molecule has 0 aliphatic rings. The number of benzene rings is 1. The van der Waals surface area contributed by atoms with Gasteiger partial charge in [-0.25, -0.2) is 8.42 Å². The molecule has 0 aliphatic heterocycles. The zero-order valence-corrected chi connectivity index (χ0v) is 15.4. The summed E-state index contributed by atoms with van der Waals surface area (Å²) in [6.45, 7) is 0.310. The zero-order chi connectivity index (χ0) is 19.1. The van der Waals surface area contributed by atoms with E-state index in [0.717, 1.165) is 16.8 Å². The fraction of sp³-hybridized carbons (Fsp3) is 0.150. The predicted molar refractivity (Wildman–Crippen MR) is 102 cm³/mol. The van der Waals surface area contributed by atoms with Gasteiger partial charge in [-0.15, -0.1) is 0 Å². The minimum Gasteiger partial charge on any atom is -0.352 e. The van der Waals surface area contributed by atoms with Crippen LogP contribution in [0.15, 0.2) is 78.1 Å². The predicted octanol–water partition coefficient (Wildman–Crippen LogP) is 2.62. The van der Waals surface area contributed by atoms with E-state index in [9.17, 15) is 13.2 Å². The van der Waals surface area contributed by atoms with Gasteiger partial charge in [0, 0.05) is 37.1 Å². The number of carbonyl (C=O) groups is 1. The van der Waals surface area contributed by atoms with Crippen LogP contribution in [0.2, 0.25) is 0 Å². The van der Waals surface area contributed by atoms with Crippen molar-refractivity contribution in [1.82, 2.24) is 15.3 Å². The standard InChI is InChI=1S/C20H19N3O3S/c24-20(9-13-27(25,26)18-4-2-1-3-5-18)23-15-16-6-12-22-19(14-16)17-7-10-21-11-8-17/h1-8,10-12,14H,9,13,15H2,(H,23,24). The fourth-order valence-electron chi connectivity index (χ4n) is 2.53. The minimum absolute atomic E-state index is 0.0838. The normalized spacial score (nSPS) is 11.1. The highest BCUT2D eigenvalue weighted by Crippen LogP contribution is 2.16. The molecule has 0 saturated heterocycles. The van der Waals surface area contributed by atoms with E-state index >= 15 is 0 Å². The van der Waals surface area contributed by atoms with E-state index in [-0.39, 0.29) is 23.0 Å². The molecule has 0 atom stereocenters. The van der Waals surface area contributed by atoms with Crippen molar-refractivity contribution >= 4 is 15.7 Å². The molecule has 7 heteroatoms. The molecule has 0 spiro atoms. The van der Waals surface area contributed by atoms with E-state index in [2.05, 4.69) is 15.3 Å². The van der Waals surface area contributed by atoms with Gasteiger partial charge in [-0.05, 0) is 42.0 Å². The summed E-state index contributed by atoms with van der Waals surface area (Å²) in [7, 11) is -3.46. The molecule has 27 heavy (non-hydrogen) atoms. The summed E-state index contributed by atoms with van der Waals surface area (Å²) in [6, 6.07) is 15.6. The van der Waals surface area contributed by atoms with E-state index in [1.54, 1.807) is 36.8 Å².